The molecule has 0 bridgehead atoms. The molecular weight excluding hydrogens is 148 g/mol. The number of rotatable bonds is 2. The number of allylic oxidation sites excluding steroid dienone is 1. The highest BCUT2D eigenvalue weighted by Crippen LogP contribution is 2.36. The summed E-state index contributed by atoms with van der Waals surface area (Å²) in [6, 6.07) is 0.667. The average molecular weight is 168 g/mol. The maximum absolute atomic E-state index is 3.13. The number of likely N-dealkylation sites (tertiary alicyclic amines) is 1. The van der Waals surface area contributed by atoms with Gasteiger partial charge in [-0.1, -0.05) is 13.8 Å². The molecule has 70 valence electrons. The maximum atomic E-state index is 3.13. The van der Waals surface area contributed by atoms with E-state index in [1.54, 1.807) is 0 Å². The molecule has 1 atom stereocenters. The Bertz CT molecular complexity index is 194. The molecule has 1 fully saturated rings. The lowest BCUT2D eigenvalue weighted by Gasteiger charge is -2.52. The van der Waals surface area contributed by atoms with E-state index in [1.165, 1.54) is 12.2 Å². The smallest absolute Gasteiger partial charge is 0.0324 e. The molecule has 0 aromatic carbocycles. The second-order valence-corrected chi connectivity index (χ2v) is 4.40. The van der Waals surface area contributed by atoms with Gasteiger partial charge in [0.1, 0.15) is 0 Å². The molecule has 1 heterocycles. The highest BCUT2D eigenvalue weighted by Gasteiger charge is 2.40. The Morgan fingerprint density at radius 2 is 2.17 bits per heavy atom. The van der Waals surface area contributed by atoms with E-state index in [0.717, 1.165) is 0 Å². The molecular formula is C10H20N2. The standard InChI is InChI=1S/C10H20N2/c1-8(11-5)6-12-7-10(3,4)9(12)2/h6,9,11H,7H2,1-5H3/b8-6-. The van der Waals surface area contributed by atoms with E-state index in [2.05, 4.69) is 44.1 Å². The van der Waals surface area contributed by atoms with Crippen molar-refractivity contribution in [1.29, 1.82) is 0 Å². The lowest BCUT2D eigenvalue weighted by molar-refractivity contribution is 0.00144. The van der Waals surface area contributed by atoms with E-state index in [9.17, 15) is 0 Å². The van der Waals surface area contributed by atoms with Gasteiger partial charge in [-0.2, -0.15) is 0 Å². The molecule has 12 heavy (non-hydrogen) atoms. The molecule has 1 unspecified atom stereocenters. The van der Waals surface area contributed by atoms with Gasteiger partial charge in [0.2, 0.25) is 0 Å². The first kappa shape index (κ1) is 9.43. The van der Waals surface area contributed by atoms with Crippen LogP contribution < -0.4 is 5.32 Å². The van der Waals surface area contributed by atoms with Gasteiger partial charge in [-0.3, -0.25) is 0 Å². The van der Waals surface area contributed by atoms with Gasteiger partial charge in [-0.25, -0.2) is 0 Å². The van der Waals surface area contributed by atoms with Crippen molar-refractivity contribution >= 4 is 0 Å². The van der Waals surface area contributed by atoms with Gasteiger partial charge in [-0.05, 0) is 13.8 Å². The molecule has 1 rings (SSSR count). The maximum Gasteiger partial charge on any atom is 0.0324 e. The second-order valence-electron chi connectivity index (χ2n) is 4.40. The van der Waals surface area contributed by atoms with E-state index in [4.69, 9.17) is 0 Å². The summed E-state index contributed by atoms with van der Waals surface area (Å²) in [5, 5.41) is 3.13. The Labute approximate surface area is 75.6 Å². The monoisotopic (exact) mass is 168 g/mol. The summed E-state index contributed by atoms with van der Waals surface area (Å²) in [5.74, 6) is 0. The van der Waals surface area contributed by atoms with E-state index in [0.29, 0.717) is 11.5 Å². The summed E-state index contributed by atoms with van der Waals surface area (Å²) in [4.78, 5) is 2.38. The molecule has 0 aromatic heterocycles. The third-order valence-corrected chi connectivity index (χ3v) is 2.97. The summed E-state index contributed by atoms with van der Waals surface area (Å²) in [6.45, 7) is 10.2. The predicted octanol–water partition coefficient (Wildman–Crippen LogP) is 1.80. The van der Waals surface area contributed by atoms with Crippen LogP contribution in [0, 0.1) is 5.41 Å². The minimum atomic E-state index is 0.491. The van der Waals surface area contributed by atoms with Crippen LogP contribution in [0.1, 0.15) is 27.7 Å². The van der Waals surface area contributed by atoms with Gasteiger partial charge in [0, 0.05) is 36.9 Å². The van der Waals surface area contributed by atoms with Crippen molar-refractivity contribution < 1.29 is 0 Å². The molecule has 2 heteroatoms. The largest absolute Gasteiger partial charge is 0.390 e. The fraction of sp³-hybridized carbons (Fsp3) is 0.800. The highest BCUT2D eigenvalue weighted by atomic mass is 15.2. The Morgan fingerprint density at radius 3 is 2.50 bits per heavy atom. The lowest BCUT2D eigenvalue weighted by Crippen LogP contribution is -2.57. The van der Waals surface area contributed by atoms with Gasteiger partial charge in [0.05, 0.1) is 0 Å². The van der Waals surface area contributed by atoms with Crippen molar-refractivity contribution in [3.63, 3.8) is 0 Å². The first-order valence-electron chi connectivity index (χ1n) is 4.59. The molecule has 0 amide bonds. The second kappa shape index (κ2) is 3.00. The van der Waals surface area contributed by atoms with Crippen molar-refractivity contribution in [3.8, 4) is 0 Å². The Kier molecular flexibility index (Phi) is 2.36. The van der Waals surface area contributed by atoms with Crippen LogP contribution in [0.5, 0.6) is 0 Å². The van der Waals surface area contributed by atoms with Gasteiger partial charge < -0.3 is 10.2 Å². The van der Waals surface area contributed by atoms with E-state index in [-0.39, 0.29) is 0 Å². The zero-order chi connectivity index (χ0) is 9.35. The van der Waals surface area contributed by atoms with Gasteiger partial charge in [0.15, 0.2) is 0 Å². The summed E-state index contributed by atoms with van der Waals surface area (Å²) < 4.78 is 0. The Balaban J connectivity index is 2.51. The van der Waals surface area contributed by atoms with Crippen LogP contribution in [-0.4, -0.2) is 24.5 Å². The number of nitrogens with zero attached hydrogens (tertiary/aromatic N) is 1. The first-order valence-corrected chi connectivity index (χ1v) is 4.59. The third kappa shape index (κ3) is 1.57. The van der Waals surface area contributed by atoms with E-state index in [1.807, 2.05) is 7.05 Å². The summed E-state index contributed by atoms with van der Waals surface area (Å²) >= 11 is 0. The van der Waals surface area contributed by atoms with Crippen LogP contribution in [0.25, 0.3) is 0 Å². The molecule has 2 nitrogen and oxygen atoms in total. The van der Waals surface area contributed by atoms with E-state index < -0.39 is 0 Å². The van der Waals surface area contributed by atoms with Crippen molar-refractivity contribution in [3.05, 3.63) is 11.9 Å². The zero-order valence-corrected chi connectivity index (χ0v) is 8.81. The zero-order valence-electron chi connectivity index (χ0n) is 8.81. The van der Waals surface area contributed by atoms with Gasteiger partial charge in [-0.15, -0.1) is 0 Å². The van der Waals surface area contributed by atoms with Crippen molar-refractivity contribution in [2.75, 3.05) is 13.6 Å². The van der Waals surface area contributed by atoms with Crippen molar-refractivity contribution in [2.24, 2.45) is 5.41 Å². The van der Waals surface area contributed by atoms with E-state index >= 15 is 0 Å². The molecule has 0 aromatic rings. The predicted molar refractivity (Wildman–Crippen MR) is 52.8 cm³/mol. The number of hydrogen-bond acceptors (Lipinski definition) is 2. The number of nitrogens with one attached hydrogen (secondary N) is 1. The molecule has 0 aliphatic carbocycles. The minimum Gasteiger partial charge on any atom is -0.390 e. The van der Waals surface area contributed by atoms with Crippen LogP contribution in [0.15, 0.2) is 11.9 Å². The van der Waals surface area contributed by atoms with Gasteiger partial charge in [0.25, 0.3) is 0 Å². The lowest BCUT2D eigenvalue weighted by atomic mass is 9.76. The fourth-order valence-electron chi connectivity index (χ4n) is 1.55. The SMILES string of the molecule is CN/C(C)=C\N1CC(C)(C)C1C. The third-order valence-electron chi connectivity index (χ3n) is 2.97. The van der Waals surface area contributed by atoms with Crippen LogP contribution in [0.3, 0.4) is 0 Å². The van der Waals surface area contributed by atoms with Crippen LogP contribution in [-0.2, 0) is 0 Å². The topological polar surface area (TPSA) is 15.3 Å². The first-order chi connectivity index (χ1) is 5.47. The summed E-state index contributed by atoms with van der Waals surface area (Å²) in [6.07, 6.45) is 2.20. The molecule has 1 aliphatic rings. The molecule has 1 saturated heterocycles. The van der Waals surface area contributed by atoms with Crippen LogP contribution in [0.4, 0.5) is 0 Å². The average Bonchev–Trinajstić information content (AvgIpc) is 2.02. The van der Waals surface area contributed by atoms with Crippen LogP contribution in [0.2, 0.25) is 0 Å². The molecule has 1 aliphatic heterocycles. The molecule has 0 radical (unpaired) electrons. The van der Waals surface area contributed by atoms with Crippen molar-refractivity contribution in [2.45, 2.75) is 33.7 Å². The number of hydrogen-bond donors (Lipinski definition) is 1. The summed E-state index contributed by atoms with van der Waals surface area (Å²) in [5.41, 5.74) is 1.72. The fourth-order valence-corrected chi connectivity index (χ4v) is 1.55. The van der Waals surface area contributed by atoms with Gasteiger partial charge >= 0.3 is 0 Å². The molecule has 0 spiro atoms. The normalized spacial score (nSPS) is 28.2. The Hall–Kier alpha value is -0.660. The summed E-state index contributed by atoms with van der Waals surface area (Å²) in [7, 11) is 1.96. The molecule has 0 saturated carbocycles. The Morgan fingerprint density at radius 1 is 1.58 bits per heavy atom. The quantitative estimate of drug-likeness (QED) is 0.676. The highest BCUT2D eigenvalue weighted by molar-refractivity contribution is 5.05. The van der Waals surface area contributed by atoms with Crippen LogP contribution >= 0.6 is 0 Å². The van der Waals surface area contributed by atoms with Crippen molar-refractivity contribution in [1.82, 2.24) is 10.2 Å². The molecule has 1 N–H and O–H groups in total. The minimum absolute atomic E-state index is 0.491.